The number of aliphatic hydroxyl groups is 10. The van der Waals surface area contributed by atoms with Crippen LogP contribution in [0.25, 0.3) is 0 Å². The molecule has 19 atom stereocenters. The molecule has 396 valence electrons. The van der Waals surface area contributed by atoms with Crippen LogP contribution in [0.2, 0.25) is 0 Å². The second-order valence-electron chi connectivity index (χ2n) is 18.5. The Morgan fingerprint density at radius 2 is 1.29 bits per heavy atom. The van der Waals surface area contributed by atoms with Crippen molar-refractivity contribution in [1.82, 2.24) is 5.32 Å². The quantitative estimate of drug-likeness (QED) is 0.160. The number of allylic oxidation sites excluding steroid dienone is 12. The van der Waals surface area contributed by atoms with E-state index in [9.17, 15) is 65.4 Å². The standard InChI is InChI=1S/C50H78N2O18/c1-29-18-16-14-12-10-8-6-7-9-11-13-15-17-19-36(69-49-47(63)44(51)46(62)32(4)68-49)25-40-43(48(64)52-28-42(60)66-5)39(58)27-50(65,70-40)26-35(55)23-38(57)37(56)21-20-33(53)22-34(54)24-41(59)67-31(3)30(2)45(29)61/h6-19,29-40,43-47,49,53-58,61-63,65H,20-28,51H2,1-5H3,(H,52,64)/t29-,30-,31-,32+,33+,34+,35-,36-,37+,38+,39-,40-,43+,44-,45+,46+,47-,49-,50+/m0/s1. The second kappa shape index (κ2) is 30.2. The molecule has 0 saturated carbocycles. The van der Waals surface area contributed by atoms with Crippen LogP contribution in [-0.4, -0.2) is 180 Å². The Hall–Kier alpha value is -3.97. The molecule has 0 aromatic rings. The van der Waals surface area contributed by atoms with Crippen LogP contribution in [0.1, 0.15) is 79.1 Å². The summed E-state index contributed by atoms with van der Waals surface area (Å²) in [5.74, 6) is -6.93. The summed E-state index contributed by atoms with van der Waals surface area (Å²) in [5.41, 5.74) is 6.07. The van der Waals surface area contributed by atoms with E-state index < -0.39 is 159 Å². The molecule has 1 amide bonds. The van der Waals surface area contributed by atoms with E-state index >= 15 is 0 Å². The lowest BCUT2D eigenvalue weighted by atomic mass is 9.82. The van der Waals surface area contributed by atoms with Gasteiger partial charge in [-0.15, -0.1) is 0 Å². The van der Waals surface area contributed by atoms with Crippen molar-refractivity contribution in [3.05, 3.63) is 85.1 Å². The van der Waals surface area contributed by atoms with E-state index in [1.54, 1.807) is 86.8 Å². The van der Waals surface area contributed by atoms with Crippen LogP contribution in [0.3, 0.4) is 0 Å². The highest BCUT2D eigenvalue weighted by Gasteiger charge is 2.51. The van der Waals surface area contributed by atoms with E-state index in [1.807, 2.05) is 13.0 Å². The third-order valence-electron chi connectivity index (χ3n) is 12.7. The van der Waals surface area contributed by atoms with Crippen molar-refractivity contribution in [1.29, 1.82) is 0 Å². The van der Waals surface area contributed by atoms with Gasteiger partial charge in [-0.3, -0.25) is 14.4 Å². The molecule has 3 aliphatic heterocycles. The Morgan fingerprint density at radius 3 is 1.89 bits per heavy atom. The number of fused-ring (bicyclic) bond motifs is 2. The molecule has 3 rings (SSSR count). The molecule has 0 aromatic heterocycles. The highest BCUT2D eigenvalue weighted by Crippen LogP contribution is 2.38. The van der Waals surface area contributed by atoms with Crippen molar-refractivity contribution in [3.8, 4) is 0 Å². The van der Waals surface area contributed by atoms with Crippen LogP contribution >= 0.6 is 0 Å². The monoisotopic (exact) mass is 995 g/mol. The van der Waals surface area contributed by atoms with Gasteiger partial charge in [-0.2, -0.15) is 0 Å². The normalized spacial score (nSPS) is 39.7. The predicted molar refractivity (Wildman–Crippen MR) is 254 cm³/mol. The van der Waals surface area contributed by atoms with Crippen molar-refractivity contribution in [2.75, 3.05) is 13.7 Å². The minimum Gasteiger partial charge on any atom is -0.468 e. The lowest BCUT2D eigenvalue weighted by Crippen LogP contribution is -2.62. The van der Waals surface area contributed by atoms with Crippen LogP contribution < -0.4 is 11.1 Å². The maximum atomic E-state index is 13.6. The van der Waals surface area contributed by atoms with Gasteiger partial charge < -0.3 is 85.8 Å². The minimum absolute atomic E-state index is 0.118. The first-order valence-corrected chi connectivity index (χ1v) is 23.9. The zero-order valence-corrected chi connectivity index (χ0v) is 40.7. The number of amides is 1. The number of carbonyl (C=O) groups is 3. The van der Waals surface area contributed by atoms with Gasteiger partial charge in [-0.1, -0.05) is 98.9 Å². The van der Waals surface area contributed by atoms with E-state index in [0.717, 1.165) is 7.11 Å². The molecule has 20 heteroatoms. The molecule has 70 heavy (non-hydrogen) atoms. The van der Waals surface area contributed by atoms with Gasteiger partial charge in [0, 0.05) is 37.5 Å². The number of hydrogen-bond acceptors (Lipinski definition) is 19. The Morgan fingerprint density at radius 1 is 0.700 bits per heavy atom. The molecule has 0 spiro atoms. The SMILES string of the molecule is COC(=O)CNC(=O)[C@H]1[C@@H]2C[C@@H](O[C@@H]3O[C@H](C)[C@@H](O)[C@H](N)[C@@H]3O)C=CC=CC=CC=CC=CC=CC=C[C@H](C)[C@@H](O)[C@@H](C)[C@H](C)OC(=O)C[C@H](O)C[C@H](O)CC[C@@H](O)[C@H](O)C[C@H](O)C[C@](O)(C[C@@H]1O)O2. The van der Waals surface area contributed by atoms with Gasteiger partial charge in [0.2, 0.25) is 5.91 Å². The zero-order chi connectivity index (χ0) is 52.1. The lowest BCUT2D eigenvalue weighted by Gasteiger charge is -2.46. The molecule has 3 aliphatic rings. The van der Waals surface area contributed by atoms with Gasteiger partial charge in [-0.25, -0.2) is 0 Å². The van der Waals surface area contributed by atoms with Gasteiger partial charge in [0.05, 0.1) is 92.6 Å². The Kier molecular flexibility index (Phi) is 26.0. The summed E-state index contributed by atoms with van der Waals surface area (Å²) in [7, 11) is 1.12. The summed E-state index contributed by atoms with van der Waals surface area (Å²) in [4.78, 5) is 38.2. The zero-order valence-electron chi connectivity index (χ0n) is 40.7. The number of hydrogen-bond donors (Lipinski definition) is 12. The summed E-state index contributed by atoms with van der Waals surface area (Å²) in [5, 5.41) is 112. The summed E-state index contributed by atoms with van der Waals surface area (Å²) < 4.78 is 28.1. The fourth-order valence-electron chi connectivity index (χ4n) is 8.34. The van der Waals surface area contributed by atoms with Crippen LogP contribution in [0, 0.1) is 17.8 Å². The van der Waals surface area contributed by atoms with Crippen molar-refractivity contribution in [3.63, 3.8) is 0 Å². The lowest BCUT2D eigenvalue weighted by molar-refractivity contribution is -0.307. The largest absolute Gasteiger partial charge is 0.468 e. The van der Waals surface area contributed by atoms with Crippen LogP contribution in [0.5, 0.6) is 0 Å². The van der Waals surface area contributed by atoms with Crippen LogP contribution in [-0.2, 0) is 38.1 Å². The summed E-state index contributed by atoms with van der Waals surface area (Å²) >= 11 is 0. The average molecular weight is 995 g/mol. The summed E-state index contributed by atoms with van der Waals surface area (Å²) in [6, 6.07) is -1.17. The molecule has 0 unspecified atom stereocenters. The first-order chi connectivity index (χ1) is 33.0. The molecule has 13 N–H and O–H groups in total. The number of esters is 2. The molecule has 0 radical (unpaired) electrons. The van der Waals surface area contributed by atoms with E-state index in [-0.39, 0.29) is 31.6 Å². The Bertz CT molecular complexity index is 1820. The molecule has 20 nitrogen and oxygen atoms in total. The third-order valence-corrected chi connectivity index (χ3v) is 12.7. The predicted octanol–water partition coefficient (Wildman–Crippen LogP) is -0.0837. The first kappa shape index (κ1) is 60.3. The smallest absolute Gasteiger partial charge is 0.325 e. The van der Waals surface area contributed by atoms with Crippen LogP contribution in [0.4, 0.5) is 0 Å². The van der Waals surface area contributed by atoms with Crippen molar-refractivity contribution in [2.45, 2.75) is 177 Å². The maximum Gasteiger partial charge on any atom is 0.325 e. The second-order valence-corrected chi connectivity index (χ2v) is 18.5. The number of nitrogens with one attached hydrogen (secondary N) is 1. The molecule has 2 bridgehead atoms. The van der Waals surface area contributed by atoms with Gasteiger partial charge in [0.15, 0.2) is 12.1 Å². The number of methoxy groups -OCH3 is 1. The van der Waals surface area contributed by atoms with Gasteiger partial charge in [-0.05, 0) is 33.1 Å². The van der Waals surface area contributed by atoms with E-state index in [1.165, 1.54) is 13.0 Å². The van der Waals surface area contributed by atoms with Crippen molar-refractivity contribution in [2.24, 2.45) is 23.5 Å². The number of cyclic esters (lactones) is 1. The number of ether oxygens (including phenoxy) is 5. The van der Waals surface area contributed by atoms with E-state index in [4.69, 9.17) is 24.7 Å². The van der Waals surface area contributed by atoms with Crippen molar-refractivity contribution < 1.29 is 89.1 Å². The van der Waals surface area contributed by atoms with Gasteiger partial charge in [0.1, 0.15) is 18.8 Å². The Balaban J connectivity index is 1.93. The van der Waals surface area contributed by atoms with Crippen molar-refractivity contribution >= 4 is 17.8 Å². The maximum absolute atomic E-state index is 13.6. The van der Waals surface area contributed by atoms with Crippen LogP contribution in [0.15, 0.2) is 85.1 Å². The van der Waals surface area contributed by atoms with Gasteiger partial charge in [0.25, 0.3) is 0 Å². The Labute approximate surface area is 410 Å². The molecule has 2 saturated heterocycles. The molecule has 0 aliphatic carbocycles. The van der Waals surface area contributed by atoms with E-state index in [0.29, 0.717) is 0 Å². The highest BCUT2D eigenvalue weighted by atomic mass is 16.7. The summed E-state index contributed by atoms with van der Waals surface area (Å²) in [6.07, 6.45) is 3.33. The topological polar surface area (TPSA) is 338 Å². The number of nitrogens with two attached hydrogens (primary N) is 1. The number of aliphatic hydroxyl groups excluding tert-OH is 9. The fourth-order valence-corrected chi connectivity index (χ4v) is 8.34. The molecular weight excluding hydrogens is 917 g/mol. The highest BCUT2D eigenvalue weighted by molar-refractivity contribution is 5.84. The third kappa shape index (κ3) is 20.3. The van der Waals surface area contributed by atoms with E-state index in [2.05, 4.69) is 10.1 Å². The minimum atomic E-state index is -2.35. The molecule has 3 heterocycles. The number of rotatable bonds is 5. The summed E-state index contributed by atoms with van der Waals surface area (Å²) in [6.45, 7) is 6.17. The van der Waals surface area contributed by atoms with Gasteiger partial charge >= 0.3 is 11.9 Å². The number of carbonyl (C=O) groups excluding carboxylic acids is 3. The molecule has 0 aromatic carbocycles. The first-order valence-electron chi connectivity index (χ1n) is 23.9. The average Bonchev–Trinajstić information content (AvgIpc) is 3.29. The fraction of sp³-hybridized carbons (Fsp3) is 0.660. The molecular formula is C50H78N2O18. The molecule has 2 fully saturated rings.